The molecule has 0 bridgehead atoms. The predicted octanol–water partition coefficient (Wildman–Crippen LogP) is 2.73. The molecule has 1 heterocycles. The van der Waals surface area contributed by atoms with Crippen molar-refractivity contribution in [2.75, 3.05) is 12.1 Å². The van der Waals surface area contributed by atoms with E-state index >= 15 is 0 Å². The standard InChI is InChI=1S/C19H20N2O4/c1-12(19(23)21-16-6-4-15(5-7-16)13(2)22)20-10-14-3-8-17-18(9-14)25-11-24-17/h3-9,12,20H,10-11H2,1-2H3,(H,21,23)/t12-/m0/s1. The maximum absolute atomic E-state index is 12.3. The zero-order chi connectivity index (χ0) is 17.8. The Bertz CT molecular complexity index is 787. The van der Waals surface area contributed by atoms with Crippen LogP contribution in [0.25, 0.3) is 0 Å². The van der Waals surface area contributed by atoms with E-state index in [0.717, 1.165) is 17.1 Å². The number of rotatable bonds is 6. The lowest BCUT2D eigenvalue weighted by atomic mass is 10.1. The van der Waals surface area contributed by atoms with Gasteiger partial charge in [-0.15, -0.1) is 0 Å². The Morgan fingerprint density at radius 2 is 1.80 bits per heavy atom. The van der Waals surface area contributed by atoms with Crippen molar-refractivity contribution >= 4 is 17.4 Å². The van der Waals surface area contributed by atoms with Crippen molar-refractivity contribution in [1.29, 1.82) is 0 Å². The number of nitrogens with one attached hydrogen (secondary N) is 2. The third-order valence-electron chi connectivity index (χ3n) is 4.00. The topological polar surface area (TPSA) is 76.7 Å². The Labute approximate surface area is 146 Å². The van der Waals surface area contributed by atoms with Gasteiger partial charge in [-0.05, 0) is 55.8 Å². The number of benzene rings is 2. The Morgan fingerprint density at radius 1 is 1.08 bits per heavy atom. The van der Waals surface area contributed by atoms with Gasteiger partial charge < -0.3 is 20.1 Å². The third kappa shape index (κ3) is 4.16. The summed E-state index contributed by atoms with van der Waals surface area (Å²) in [5.41, 5.74) is 2.29. The van der Waals surface area contributed by atoms with Gasteiger partial charge >= 0.3 is 0 Å². The van der Waals surface area contributed by atoms with Crippen molar-refractivity contribution in [3.05, 3.63) is 53.6 Å². The Balaban J connectivity index is 1.53. The van der Waals surface area contributed by atoms with Gasteiger partial charge in [0, 0.05) is 17.8 Å². The summed E-state index contributed by atoms with van der Waals surface area (Å²) in [4.78, 5) is 23.5. The Hall–Kier alpha value is -2.86. The number of amides is 1. The van der Waals surface area contributed by atoms with Gasteiger partial charge in [0.1, 0.15) is 0 Å². The average Bonchev–Trinajstić information content (AvgIpc) is 3.07. The van der Waals surface area contributed by atoms with Crippen LogP contribution < -0.4 is 20.1 Å². The van der Waals surface area contributed by atoms with Crippen LogP contribution in [0.3, 0.4) is 0 Å². The zero-order valence-corrected chi connectivity index (χ0v) is 14.2. The van der Waals surface area contributed by atoms with Gasteiger partial charge in [-0.2, -0.15) is 0 Å². The van der Waals surface area contributed by atoms with Crippen molar-refractivity contribution in [1.82, 2.24) is 5.32 Å². The van der Waals surface area contributed by atoms with E-state index in [9.17, 15) is 9.59 Å². The van der Waals surface area contributed by atoms with Gasteiger partial charge in [0.15, 0.2) is 17.3 Å². The molecule has 25 heavy (non-hydrogen) atoms. The van der Waals surface area contributed by atoms with Crippen molar-refractivity contribution in [2.45, 2.75) is 26.4 Å². The van der Waals surface area contributed by atoms with E-state index in [1.165, 1.54) is 6.92 Å². The molecule has 0 saturated heterocycles. The van der Waals surface area contributed by atoms with Gasteiger partial charge in [0.05, 0.1) is 6.04 Å². The number of ketones is 1. The maximum atomic E-state index is 12.3. The number of hydrogen-bond acceptors (Lipinski definition) is 5. The maximum Gasteiger partial charge on any atom is 0.241 e. The Kier molecular flexibility index (Phi) is 5.00. The van der Waals surface area contributed by atoms with Gasteiger partial charge in [0.25, 0.3) is 0 Å². The summed E-state index contributed by atoms with van der Waals surface area (Å²) in [5.74, 6) is 1.32. The quantitative estimate of drug-likeness (QED) is 0.791. The van der Waals surface area contributed by atoms with E-state index in [1.54, 1.807) is 31.2 Å². The molecule has 0 aliphatic carbocycles. The Morgan fingerprint density at radius 3 is 2.52 bits per heavy atom. The van der Waals surface area contributed by atoms with Crippen LogP contribution >= 0.6 is 0 Å². The fraction of sp³-hybridized carbons (Fsp3) is 0.263. The molecular weight excluding hydrogens is 320 g/mol. The van der Waals surface area contributed by atoms with E-state index in [0.29, 0.717) is 17.8 Å². The molecule has 6 heteroatoms. The van der Waals surface area contributed by atoms with E-state index in [1.807, 2.05) is 18.2 Å². The summed E-state index contributed by atoms with van der Waals surface area (Å²) in [7, 11) is 0. The van der Waals surface area contributed by atoms with E-state index in [2.05, 4.69) is 10.6 Å². The SMILES string of the molecule is CC(=O)c1ccc(NC(=O)[C@H](C)NCc2ccc3c(c2)OCO3)cc1. The lowest BCUT2D eigenvalue weighted by Crippen LogP contribution is -2.37. The average molecular weight is 340 g/mol. The monoisotopic (exact) mass is 340 g/mol. The van der Waals surface area contributed by atoms with Crippen LogP contribution in [-0.4, -0.2) is 24.5 Å². The molecule has 3 rings (SSSR count). The number of ether oxygens (including phenoxy) is 2. The molecule has 1 aliphatic rings. The first-order valence-electron chi connectivity index (χ1n) is 8.07. The molecular formula is C19H20N2O4. The highest BCUT2D eigenvalue weighted by molar-refractivity contribution is 5.96. The van der Waals surface area contributed by atoms with Crippen LogP contribution in [0.2, 0.25) is 0 Å². The van der Waals surface area contributed by atoms with Crippen LogP contribution in [-0.2, 0) is 11.3 Å². The van der Waals surface area contributed by atoms with Crippen LogP contribution in [0, 0.1) is 0 Å². The third-order valence-corrected chi connectivity index (χ3v) is 4.00. The van der Waals surface area contributed by atoms with Crippen LogP contribution in [0.15, 0.2) is 42.5 Å². The molecule has 1 amide bonds. The minimum Gasteiger partial charge on any atom is -0.454 e. The van der Waals surface area contributed by atoms with Gasteiger partial charge in [0.2, 0.25) is 12.7 Å². The summed E-state index contributed by atoms with van der Waals surface area (Å²) in [6.07, 6.45) is 0. The van der Waals surface area contributed by atoms with Crippen LogP contribution in [0.1, 0.15) is 29.8 Å². The van der Waals surface area contributed by atoms with Crippen molar-refractivity contribution < 1.29 is 19.1 Å². The molecule has 0 spiro atoms. The molecule has 0 radical (unpaired) electrons. The normalized spacial score (nSPS) is 13.4. The lowest BCUT2D eigenvalue weighted by Gasteiger charge is -2.14. The van der Waals surface area contributed by atoms with E-state index in [-0.39, 0.29) is 24.5 Å². The summed E-state index contributed by atoms with van der Waals surface area (Å²) in [6, 6.07) is 12.2. The van der Waals surface area contributed by atoms with Crippen molar-refractivity contribution in [3.63, 3.8) is 0 Å². The highest BCUT2D eigenvalue weighted by Gasteiger charge is 2.15. The first-order chi connectivity index (χ1) is 12.0. The lowest BCUT2D eigenvalue weighted by molar-refractivity contribution is -0.117. The number of Topliss-reactive ketones (excluding diaryl/α,β-unsaturated/α-hetero) is 1. The van der Waals surface area contributed by atoms with Gasteiger partial charge in [-0.3, -0.25) is 9.59 Å². The second-order valence-corrected chi connectivity index (χ2v) is 5.91. The molecule has 0 fully saturated rings. The minimum absolute atomic E-state index is 0.00311. The molecule has 1 aliphatic heterocycles. The molecule has 6 nitrogen and oxygen atoms in total. The van der Waals surface area contributed by atoms with Crippen molar-refractivity contribution in [2.24, 2.45) is 0 Å². The van der Waals surface area contributed by atoms with E-state index < -0.39 is 0 Å². The highest BCUT2D eigenvalue weighted by Crippen LogP contribution is 2.32. The number of anilines is 1. The number of carbonyl (C=O) groups is 2. The minimum atomic E-state index is -0.377. The molecule has 2 aromatic rings. The second kappa shape index (κ2) is 7.36. The fourth-order valence-corrected chi connectivity index (χ4v) is 2.45. The number of carbonyl (C=O) groups excluding carboxylic acids is 2. The van der Waals surface area contributed by atoms with Crippen molar-refractivity contribution in [3.8, 4) is 11.5 Å². The molecule has 1 atom stereocenters. The summed E-state index contributed by atoms with van der Waals surface area (Å²) in [5, 5.41) is 6.01. The molecule has 0 unspecified atom stereocenters. The number of hydrogen-bond donors (Lipinski definition) is 2. The highest BCUT2D eigenvalue weighted by atomic mass is 16.7. The molecule has 130 valence electrons. The van der Waals surface area contributed by atoms with Gasteiger partial charge in [-0.25, -0.2) is 0 Å². The second-order valence-electron chi connectivity index (χ2n) is 5.91. The fourth-order valence-electron chi connectivity index (χ4n) is 2.45. The zero-order valence-electron chi connectivity index (χ0n) is 14.2. The molecule has 0 aromatic heterocycles. The van der Waals surface area contributed by atoms with Gasteiger partial charge in [-0.1, -0.05) is 6.07 Å². The number of fused-ring (bicyclic) bond motifs is 1. The smallest absolute Gasteiger partial charge is 0.241 e. The predicted molar refractivity (Wildman–Crippen MR) is 93.9 cm³/mol. The largest absolute Gasteiger partial charge is 0.454 e. The van der Waals surface area contributed by atoms with Crippen LogP contribution in [0.4, 0.5) is 5.69 Å². The summed E-state index contributed by atoms with van der Waals surface area (Å²) >= 11 is 0. The summed E-state index contributed by atoms with van der Waals surface area (Å²) in [6.45, 7) is 4.09. The first kappa shape index (κ1) is 17.0. The molecule has 2 aromatic carbocycles. The molecule has 0 saturated carbocycles. The first-order valence-corrected chi connectivity index (χ1v) is 8.07. The molecule has 2 N–H and O–H groups in total. The van der Waals surface area contributed by atoms with Crippen LogP contribution in [0.5, 0.6) is 11.5 Å². The van der Waals surface area contributed by atoms with E-state index in [4.69, 9.17) is 9.47 Å². The summed E-state index contributed by atoms with van der Waals surface area (Å²) < 4.78 is 10.6.